The van der Waals surface area contributed by atoms with E-state index in [4.69, 9.17) is 4.74 Å². The predicted molar refractivity (Wildman–Crippen MR) is 187 cm³/mol. The zero-order chi connectivity index (χ0) is 33.4. The van der Waals surface area contributed by atoms with Crippen LogP contribution in [0.25, 0.3) is 22.5 Å². The molecular formula is C36H42N8O4. The Bertz CT molecular complexity index is 2040. The lowest BCUT2D eigenvalue weighted by atomic mass is 9.98. The van der Waals surface area contributed by atoms with Crippen LogP contribution in [0.3, 0.4) is 0 Å². The molecule has 3 aliphatic rings. The fourth-order valence-electron chi connectivity index (χ4n) is 7.06. The Hall–Kier alpha value is -4.78. The van der Waals surface area contributed by atoms with Crippen molar-refractivity contribution in [2.24, 2.45) is 12.0 Å². The Kier molecular flexibility index (Phi) is 8.86. The molecule has 0 spiro atoms. The lowest BCUT2D eigenvalue weighted by Crippen LogP contribution is -2.56. The fraction of sp³-hybridized carbons (Fsp3) is 0.389. The third-order valence-corrected chi connectivity index (χ3v) is 9.92. The predicted octanol–water partition coefficient (Wildman–Crippen LogP) is 3.10. The Morgan fingerprint density at radius 2 is 1.90 bits per heavy atom. The van der Waals surface area contributed by atoms with Gasteiger partial charge >= 0.3 is 0 Å². The smallest absolute Gasteiger partial charge is 0.280 e. The number of nitrogens with one attached hydrogen (secondary N) is 1. The van der Waals surface area contributed by atoms with Gasteiger partial charge < -0.3 is 29.0 Å². The third kappa shape index (κ3) is 5.91. The lowest BCUT2D eigenvalue weighted by molar-refractivity contribution is -0.0747. The van der Waals surface area contributed by atoms with Gasteiger partial charge in [0.1, 0.15) is 22.8 Å². The number of aliphatic hydroxyl groups excluding tert-OH is 1. The minimum atomic E-state index is -0.356. The highest BCUT2D eigenvalue weighted by Gasteiger charge is 2.29. The number of fused-ring (bicyclic) bond motifs is 3. The average molecular weight is 651 g/mol. The van der Waals surface area contributed by atoms with E-state index in [2.05, 4.69) is 38.7 Å². The highest BCUT2D eigenvalue weighted by atomic mass is 16.5. The van der Waals surface area contributed by atoms with Crippen molar-refractivity contribution in [3.05, 3.63) is 104 Å². The van der Waals surface area contributed by atoms with Gasteiger partial charge in [-0.2, -0.15) is 0 Å². The molecule has 2 N–H and O–H groups in total. The van der Waals surface area contributed by atoms with Gasteiger partial charge in [0.05, 0.1) is 25.9 Å². The monoisotopic (exact) mass is 650 g/mol. The summed E-state index contributed by atoms with van der Waals surface area (Å²) in [6.45, 7) is 11.0. The number of aromatic nitrogens is 4. The zero-order valence-corrected chi connectivity index (χ0v) is 27.6. The Labute approximate surface area is 278 Å². The summed E-state index contributed by atoms with van der Waals surface area (Å²) in [5.41, 5.74) is 5.78. The standard InChI is InChI=1S/C36H42N8O4/c1-24(41-12-14-42(15-13-41)27-22-48-23-27)8-9-33(37-2)39-30-18-26(20-40(3)35(30)46)28-10-11-38-34(29(28)21-45)44-17-16-43-31-7-5-4-6-25(31)19-32(43)36(44)47/h8-11,16-20,27,39,45H,2,4-7,12-15,21-23H2,1,3H3/b24-8+,33-9+. The second-order valence-electron chi connectivity index (χ2n) is 12.8. The lowest BCUT2D eigenvalue weighted by Gasteiger charge is -2.43. The van der Waals surface area contributed by atoms with Gasteiger partial charge in [-0.25, -0.2) is 9.98 Å². The van der Waals surface area contributed by atoms with E-state index in [1.165, 1.54) is 20.4 Å². The van der Waals surface area contributed by atoms with Crippen molar-refractivity contribution in [2.45, 2.75) is 45.3 Å². The molecule has 6 heterocycles. The van der Waals surface area contributed by atoms with E-state index >= 15 is 0 Å². The molecule has 12 nitrogen and oxygen atoms in total. The number of rotatable bonds is 9. The summed E-state index contributed by atoms with van der Waals surface area (Å²) in [5.74, 6) is 0.780. The largest absolute Gasteiger partial charge is 0.392 e. The van der Waals surface area contributed by atoms with Crippen molar-refractivity contribution in [1.29, 1.82) is 0 Å². The minimum absolute atomic E-state index is 0.195. The van der Waals surface area contributed by atoms with Crippen LogP contribution in [0.1, 0.15) is 36.6 Å². The van der Waals surface area contributed by atoms with E-state index < -0.39 is 0 Å². The Balaban J connectivity index is 1.17. The molecule has 2 aliphatic heterocycles. The topological polar surface area (TPSA) is 122 Å². The average Bonchev–Trinajstić information content (AvgIpc) is 3.47. The van der Waals surface area contributed by atoms with Gasteiger partial charge in [0, 0.05) is 80.5 Å². The van der Waals surface area contributed by atoms with Crippen LogP contribution >= 0.6 is 0 Å². The van der Waals surface area contributed by atoms with Crippen molar-refractivity contribution >= 4 is 17.9 Å². The van der Waals surface area contributed by atoms with Crippen molar-refractivity contribution in [3.63, 3.8) is 0 Å². The number of aliphatic imine (C=N–C) groups is 1. The molecule has 0 unspecified atom stereocenters. The van der Waals surface area contributed by atoms with Gasteiger partial charge in [-0.05, 0) is 80.8 Å². The first-order valence-electron chi connectivity index (χ1n) is 16.6. The molecule has 2 saturated heterocycles. The Morgan fingerprint density at radius 3 is 2.62 bits per heavy atom. The third-order valence-electron chi connectivity index (χ3n) is 9.92. The molecule has 0 saturated carbocycles. The minimum Gasteiger partial charge on any atom is -0.392 e. The number of hydrogen-bond donors (Lipinski definition) is 2. The van der Waals surface area contributed by atoms with E-state index in [1.54, 1.807) is 37.8 Å². The molecule has 1 aliphatic carbocycles. The van der Waals surface area contributed by atoms with Crippen LogP contribution in [0.5, 0.6) is 0 Å². The maximum absolute atomic E-state index is 13.8. The number of aryl methyl sites for hydroxylation is 3. The van der Waals surface area contributed by atoms with Crippen molar-refractivity contribution in [3.8, 4) is 16.9 Å². The molecule has 250 valence electrons. The first-order chi connectivity index (χ1) is 23.4. The summed E-state index contributed by atoms with van der Waals surface area (Å²) in [5, 5.41) is 13.8. The summed E-state index contributed by atoms with van der Waals surface area (Å²) < 4.78 is 10.3. The van der Waals surface area contributed by atoms with Crippen LogP contribution in [0.2, 0.25) is 0 Å². The van der Waals surface area contributed by atoms with E-state index in [1.807, 2.05) is 28.8 Å². The van der Waals surface area contributed by atoms with Gasteiger partial charge in [0.25, 0.3) is 11.1 Å². The number of allylic oxidation sites excluding steroid dienone is 3. The quantitative estimate of drug-likeness (QED) is 0.210. The van der Waals surface area contributed by atoms with Crippen LogP contribution in [0.4, 0.5) is 5.69 Å². The summed E-state index contributed by atoms with van der Waals surface area (Å²) in [6, 6.07) is 6.05. The molecule has 0 radical (unpaired) electrons. The summed E-state index contributed by atoms with van der Waals surface area (Å²) >= 11 is 0. The van der Waals surface area contributed by atoms with Crippen LogP contribution < -0.4 is 16.4 Å². The van der Waals surface area contributed by atoms with Crippen molar-refractivity contribution in [2.75, 3.05) is 44.7 Å². The first-order valence-corrected chi connectivity index (χ1v) is 16.6. The number of hydrogen-bond acceptors (Lipinski definition) is 9. The molecule has 0 aromatic carbocycles. The SMILES string of the molecule is C=N/C(=C\C=C(/C)N1CCN(C2COC2)CC1)Nc1cc(-c2ccnc(-n3ccn4c5c(cc4c3=O)CCCC5)c2CO)cn(C)c1=O. The highest BCUT2D eigenvalue weighted by Crippen LogP contribution is 2.29. The number of ether oxygens (including phenoxy) is 1. The number of aliphatic hydroxyl groups is 1. The molecule has 0 atom stereocenters. The van der Waals surface area contributed by atoms with Gasteiger partial charge in [-0.1, -0.05) is 0 Å². The van der Waals surface area contributed by atoms with Crippen LogP contribution in [-0.4, -0.2) is 85.6 Å². The Morgan fingerprint density at radius 1 is 1.10 bits per heavy atom. The van der Waals surface area contributed by atoms with Crippen LogP contribution in [0.15, 0.2) is 81.2 Å². The van der Waals surface area contributed by atoms with Crippen LogP contribution in [-0.2, 0) is 31.2 Å². The van der Waals surface area contributed by atoms with Gasteiger partial charge in [0.15, 0.2) is 0 Å². The highest BCUT2D eigenvalue weighted by molar-refractivity contribution is 5.73. The number of pyridine rings is 2. The molecule has 2 fully saturated rings. The molecule has 4 aromatic rings. The molecule has 4 aromatic heterocycles. The van der Waals surface area contributed by atoms with Crippen LogP contribution in [0, 0.1) is 0 Å². The van der Waals surface area contributed by atoms with E-state index in [9.17, 15) is 14.7 Å². The molecular weight excluding hydrogens is 608 g/mol. The molecule has 48 heavy (non-hydrogen) atoms. The number of piperazine rings is 1. The van der Waals surface area contributed by atoms with Gasteiger partial charge in [0.2, 0.25) is 0 Å². The summed E-state index contributed by atoms with van der Waals surface area (Å²) in [4.78, 5) is 40.6. The maximum atomic E-state index is 13.8. The number of anilines is 1. The van der Waals surface area contributed by atoms with E-state index in [0.29, 0.717) is 45.6 Å². The van der Waals surface area contributed by atoms with Crippen molar-refractivity contribution < 1.29 is 9.84 Å². The second-order valence-corrected chi connectivity index (χ2v) is 12.8. The molecule has 12 heteroatoms. The van der Waals surface area contributed by atoms with Crippen molar-refractivity contribution in [1.82, 2.24) is 28.3 Å². The van der Waals surface area contributed by atoms with E-state index in [-0.39, 0.29) is 17.7 Å². The number of nitrogens with zero attached hydrogens (tertiary/aromatic N) is 7. The van der Waals surface area contributed by atoms with Gasteiger partial charge in [-0.3, -0.25) is 19.1 Å². The van der Waals surface area contributed by atoms with E-state index in [0.717, 1.165) is 70.8 Å². The first kappa shape index (κ1) is 31.8. The fourth-order valence-corrected chi connectivity index (χ4v) is 7.06. The zero-order valence-electron chi connectivity index (χ0n) is 27.6. The maximum Gasteiger partial charge on any atom is 0.280 e. The van der Waals surface area contributed by atoms with Gasteiger partial charge in [-0.15, -0.1) is 0 Å². The molecule has 0 amide bonds. The molecule has 7 rings (SSSR count). The normalized spacial score (nSPS) is 17.8. The second kappa shape index (κ2) is 13.4. The summed E-state index contributed by atoms with van der Waals surface area (Å²) in [7, 11) is 1.68. The molecule has 0 bridgehead atoms. The summed E-state index contributed by atoms with van der Waals surface area (Å²) in [6.07, 6.45) is 14.9.